The Morgan fingerprint density at radius 2 is 2.41 bits per heavy atom. The highest BCUT2D eigenvalue weighted by molar-refractivity contribution is 5.48. The van der Waals surface area contributed by atoms with E-state index < -0.39 is 0 Å². The Morgan fingerprint density at radius 1 is 1.59 bits per heavy atom. The molecule has 2 aromatic heterocycles. The average Bonchev–Trinajstić information content (AvgIpc) is 2.82. The lowest BCUT2D eigenvalue weighted by Gasteiger charge is -2.13. The molecular formula is C11H13N3O3. The van der Waals surface area contributed by atoms with Crippen LogP contribution in [-0.2, 0) is 0 Å². The van der Waals surface area contributed by atoms with Crippen molar-refractivity contribution in [3.8, 4) is 5.75 Å². The third kappa shape index (κ3) is 2.30. The predicted octanol–water partition coefficient (Wildman–Crippen LogP) is 1.54. The number of nitrogens with zero attached hydrogens (tertiary/aromatic N) is 1. The molecule has 1 unspecified atom stereocenters. The van der Waals surface area contributed by atoms with Gasteiger partial charge in [-0.3, -0.25) is 4.79 Å². The van der Waals surface area contributed by atoms with Crippen molar-refractivity contribution in [1.29, 1.82) is 0 Å². The molecule has 2 heterocycles. The van der Waals surface area contributed by atoms with Crippen LogP contribution in [0.1, 0.15) is 18.7 Å². The van der Waals surface area contributed by atoms with Gasteiger partial charge in [-0.2, -0.15) is 0 Å². The van der Waals surface area contributed by atoms with Crippen molar-refractivity contribution in [2.75, 3.05) is 12.4 Å². The summed E-state index contributed by atoms with van der Waals surface area (Å²) in [7, 11) is 1.43. The molecule has 0 amide bonds. The summed E-state index contributed by atoms with van der Waals surface area (Å²) < 4.78 is 10.2. The third-order valence-electron chi connectivity index (χ3n) is 2.34. The summed E-state index contributed by atoms with van der Waals surface area (Å²) >= 11 is 0. The van der Waals surface area contributed by atoms with E-state index in [9.17, 15) is 4.79 Å². The summed E-state index contributed by atoms with van der Waals surface area (Å²) in [4.78, 5) is 17.9. The first-order valence-electron chi connectivity index (χ1n) is 5.14. The molecule has 0 aliphatic heterocycles. The molecule has 0 aliphatic rings. The molecule has 6 heteroatoms. The Kier molecular flexibility index (Phi) is 3.13. The first-order valence-corrected chi connectivity index (χ1v) is 5.14. The lowest BCUT2D eigenvalue weighted by molar-refractivity contribution is 0.406. The molecule has 0 bridgehead atoms. The highest BCUT2D eigenvalue weighted by Gasteiger charge is 2.14. The normalized spacial score (nSPS) is 12.1. The molecule has 0 spiro atoms. The van der Waals surface area contributed by atoms with Crippen LogP contribution in [0.25, 0.3) is 0 Å². The summed E-state index contributed by atoms with van der Waals surface area (Å²) in [5.74, 6) is 1.31. The Balaban J connectivity index is 2.24. The zero-order valence-corrected chi connectivity index (χ0v) is 9.56. The summed E-state index contributed by atoms with van der Waals surface area (Å²) in [6.07, 6.45) is 2.91. The number of anilines is 1. The second-order valence-corrected chi connectivity index (χ2v) is 3.49. The van der Waals surface area contributed by atoms with Crippen LogP contribution < -0.4 is 15.6 Å². The van der Waals surface area contributed by atoms with Crippen LogP contribution in [0.5, 0.6) is 5.75 Å². The van der Waals surface area contributed by atoms with Crippen molar-refractivity contribution in [2.24, 2.45) is 0 Å². The monoisotopic (exact) mass is 235 g/mol. The van der Waals surface area contributed by atoms with E-state index in [4.69, 9.17) is 9.15 Å². The van der Waals surface area contributed by atoms with Crippen molar-refractivity contribution in [3.63, 3.8) is 0 Å². The van der Waals surface area contributed by atoms with Gasteiger partial charge in [0.2, 0.25) is 5.75 Å². The molecule has 6 nitrogen and oxygen atoms in total. The van der Waals surface area contributed by atoms with Gasteiger partial charge in [-0.05, 0) is 19.1 Å². The standard InChI is InChI=1S/C11H13N3O3/c1-7(8-4-3-5-17-8)14-10-9(16-2)11(15)13-6-12-10/h3-7H,1-2H3,(H2,12,13,14,15). The Morgan fingerprint density at radius 3 is 3.06 bits per heavy atom. The zero-order chi connectivity index (χ0) is 12.3. The number of rotatable bonds is 4. The van der Waals surface area contributed by atoms with Crippen LogP contribution >= 0.6 is 0 Å². The van der Waals surface area contributed by atoms with Crippen LogP contribution in [0, 0.1) is 0 Å². The van der Waals surface area contributed by atoms with Gasteiger partial charge < -0.3 is 19.5 Å². The number of hydrogen-bond donors (Lipinski definition) is 2. The first kappa shape index (κ1) is 11.3. The maximum atomic E-state index is 11.5. The van der Waals surface area contributed by atoms with E-state index in [2.05, 4.69) is 15.3 Å². The van der Waals surface area contributed by atoms with Gasteiger partial charge in [-0.1, -0.05) is 0 Å². The van der Waals surface area contributed by atoms with Gasteiger partial charge >= 0.3 is 0 Å². The van der Waals surface area contributed by atoms with Crippen LogP contribution in [-0.4, -0.2) is 17.1 Å². The van der Waals surface area contributed by atoms with Crippen molar-refractivity contribution in [1.82, 2.24) is 9.97 Å². The fraction of sp³-hybridized carbons (Fsp3) is 0.273. The summed E-state index contributed by atoms with van der Waals surface area (Å²) in [6, 6.07) is 3.54. The summed E-state index contributed by atoms with van der Waals surface area (Å²) in [5.41, 5.74) is -0.323. The number of hydrogen-bond acceptors (Lipinski definition) is 5. The van der Waals surface area contributed by atoms with E-state index in [0.29, 0.717) is 5.82 Å². The van der Waals surface area contributed by atoms with Crippen LogP contribution in [0.4, 0.5) is 5.82 Å². The van der Waals surface area contributed by atoms with Gasteiger partial charge in [0.25, 0.3) is 5.56 Å². The first-order chi connectivity index (χ1) is 8.22. The second kappa shape index (κ2) is 4.73. The van der Waals surface area contributed by atoms with E-state index >= 15 is 0 Å². The largest absolute Gasteiger partial charge is 0.489 e. The van der Waals surface area contributed by atoms with Crippen LogP contribution in [0.2, 0.25) is 0 Å². The van der Waals surface area contributed by atoms with Crippen LogP contribution in [0.3, 0.4) is 0 Å². The highest BCUT2D eigenvalue weighted by Crippen LogP contribution is 2.22. The molecule has 0 saturated carbocycles. The lowest BCUT2D eigenvalue weighted by Crippen LogP contribution is -2.15. The molecule has 0 saturated heterocycles. The van der Waals surface area contributed by atoms with Gasteiger partial charge in [0.1, 0.15) is 5.76 Å². The molecule has 2 aromatic rings. The number of furan rings is 1. The number of H-pyrrole nitrogens is 1. The number of ether oxygens (including phenoxy) is 1. The van der Waals surface area contributed by atoms with Crippen molar-refractivity contribution >= 4 is 5.82 Å². The Hall–Kier alpha value is -2.24. The van der Waals surface area contributed by atoms with Crippen LogP contribution in [0.15, 0.2) is 33.9 Å². The summed E-state index contributed by atoms with van der Waals surface area (Å²) in [5, 5.41) is 3.05. The van der Waals surface area contributed by atoms with Gasteiger partial charge in [0.15, 0.2) is 5.82 Å². The average molecular weight is 235 g/mol. The number of methoxy groups -OCH3 is 1. The minimum Gasteiger partial charge on any atom is -0.489 e. The van der Waals surface area contributed by atoms with Gasteiger partial charge in [0.05, 0.1) is 25.7 Å². The quantitative estimate of drug-likeness (QED) is 0.840. The van der Waals surface area contributed by atoms with E-state index in [1.165, 1.54) is 13.4 Å². The molecule has 0 fully saturated rings. The van der Waals surface area contributed by atoms with Crippen molar-refractivity contribution in [2.45, 2.75) is 13.0 Å². The SMILES string of the molecule is COc1c(NC(C)c2ccco2)nc[nH]c1=O. The molecular weight excluding hydrogens is 222 g/mol. The number of nitrogens with one attached hydrogen (secondary N) is 2. The minimum absolute atomic E-state index is 0.104. The topological polar surface area (TPSA) is 80.2 Å². The lowest BCUT2D eigenvalue weighted by atomic mass is 10.2. The molecule has 0 radical (unpaired) electrons. The van der Waals surface area contributed by atoms with E-state index in [-0.39, 0.29) is 17.4 Å². The van der Waals surface area contributed by atoms with Gasteiger partial charge in [0, 0.05) is 0 Å². The maximum Gasteiger partial charge on any atom is 0.295 e. The van der Waals surface area contributed by atoms with Gasteiger partial charge in [-0.25, -0.2) is 4.98 Å². The fourth-order valence-corrected chi connectivity index (χ4v) is 1.49. The molecule has 17 heavy (non-hydrogen) atoms. The second-order valence-electron chi connectivity index (χ2n) is 3.49. The predicted molar refractivity (Wildman–Crippen MR) is 62.2 cm³/mol. The maximum absolute atomic E-state index is 11.5. The molecule has 1 atom stereocenters. The minimum atomic E-state index is -0.323. The molecule has 2 N–H and O–H groups in total. The number of aromatic nitrogens is 2. The highest BCUT2D eigenvalue weighted by atomic mass is 16.5. The molecule has 0 aromatic carbocycles. The van der Waals surface area contributed by atoms with E-state index in [0.717, 1.165) is 5.76 Å². The molecule has 90 valence electrons. The number of aromatic amines is 1. The van der Waals surface area contributed by atoms with Gasteiger partial charge in [-0.15, -0.1) is 0 Å². The summed E-state index contributed by atoms with van der Waals surface area (Å²) in [6.45, 7) is 1.90. The van der Waals surface area contributed by atoms with E-state index in [1.807, 2.05) is 13.0 Å². The third-order valence-corrected chi connectivity index (χ3v) is 2.34. The van der Waals surface area contributed by atoms with E-state index in [1.54, 1.807) is 12.3 Å². The molecule has 0 aliphatic carbocycles. The Labute approximate surface area is 97.6 Å². The fourth-order valence-electron chi connectivity index (χ4n) is 1.49. The smallest absolute Gasteiger partial charge is 0.295 e. The zero-order valence-electron chi connectivity index (χ0n) is 9.56. The molecule has 2 rings (SSSR count). The van der Waals surface area contributed by atoms with Crippen molar-refractivity contribution in [3.05, 3.63) is 40.8 Å². The Bertz CT molecular complexity index is 533. The van der Waals surface area contributed by atoms with Crippen molar-refractivity contribution < 1.29 is 9.15 Å².